The molecule has 0 aliphatic heterocycles. The van der Waals surface area contributed by atoms with Crippen LogP contribution in [0.3, 0.4) is 0 Å². The Bertz CT molecular complexity index is 775. The first-order valence-electron chi connectivity index (χ1n) is 5.77. The largest absolute Gasteiger partial charge is 0.331 e. The Balaban J connectivity index is 2.30. The van der Waals surface area contributed by atoms with Crippen LogP contribution < -0.4 is 10.6 Å². The number of thiocarbonyl (C=S) groups is 1. The van der Waals surface area contributed by atoms with Crippen molar-refractivity contribution in [1.29, 1.82) is 0 Å². The summed E-state index contributed by atoms with van der Waals surface area (Å²) in [5, 5.41) is 4.57. The Kier molecular flexibility index (Phi) is 5.72. The maximum atomic E-state index is 13.7. The Morgan fingerprint density at radius 3 is 2.09 bits per heavy atom. The number of hydrogen-bond acceptors (Lipinski definition) is 1. The van der Waals surface area contributed by atoms with Crippen LogP contribution >= 0.6 is 51.3 Å². The molecule has 122 valence electrons. The lowest BCUT2D eigenvalue weighted by Crippen LogP contribution is -2.22. The fraction of sp³-hybridized carbons (Fsp3) is 0. The van der Waals surface area contributed by atoms with Gasteiger partial charge in [0.1, 0.15) is 5.69 Å². The molecule has 0 spiro atoms. The highest BCUT2D eigenvalue weighted by Gasteiger charge is 2.24. The van der Waals surface area contributed by atoms with Crippen molar-refractivity contribution >= 4 is 67.8 Å². The maximum absolute atomic E-state index is 13.7. The van der Waals surface area contributed by atoms with Gasteiger partial charge in [0.05, 0.1) is 20.2 Å². The first kappa shape index (κ1) is 18.3. The number of rotatable bonds is 2. The van der Waals surface area contributed by atoms with Crippen LogP contribution in [-0.2, 0) is 0 Å². The zero-order valence-electron chi connectivity index (χ0n) is 10.8. The molecule has 0 aliphatic rings. The molecule has 0 amide bonds. The van der Waals surface area contributed by atoms with Gasteiger partial charge in [0, 0.05) is 0 Å². The first-order valence-corrected chi connectivity index (χ1v) is 7.73. The number of nitrogens with one attached hydrogen (secondary N) is 2. The third-order valence-corrected chi connectivity index (χ3v) is 4.37. The lowest BCUT2D eigenvalue weighted by molar-refractivity contribution is 0.452. The van der Waals surface area contributed by atoms with Gasteiger partial charge >= 0.3 is 0 Å². The molecule has 0 saturated heterocycles. The smallest absolute Gasteiger partial charge is 0.186 e. The summed E-state index contributed by atoms with van der Waals surface area (Å²) < 4.78 is 53.4. The first-order chi connectivity index (χ1) is 10.7. The van der Waals surface area contributed by atoms with Crippen molar-refractivity contribution in [2.75, 3.05) is 10.6 Å². The monoisotopic (exact) mass is 446 g/mol. The van der Waals surface area contributed by atoms with E-state index in [9.17, 15) is 17.6 Å². The molecule has 2 aromatic carbocycles. The van der Waals surface area contributed by atoms with Crippen molar-refractivity contribution in [2.24, 2.45) is 0 Å². The molecule has 0 atom stereocenters. The van der Waals surface area contributed by atoms with Crippen LogP contribution in [0.15, 0.2) is 22.7 Å². The molecule has 10 heteroatoms. The van der Waals surface area contributed by atoms with E-state index in [0.29, 0.717) is 0 Å². The van der Waals surface area contributed by atoms with Gasteiger partial charge in [0.2, 0.25) is 0 Å². The summed E-state index contributed by atoms with van der Waals surface area (Å²) in [5.41, 5.74) is -0.825. The second-order valence-corrected chi connectivity index (χ2v) is 6.11. The van der Waals surface area contributed by atoms with Crippen LogP contribution in [0.4, 0.5) is 28.9 Å². The highest BCUT2D eigenvalue weighted by Crippen LogP contribution is 2.32. The molecule has 0 heterocycles. The zero-order chi connectivity index (χ0) is 17.3. The normalized spacial score (nSPS) is 10.6. The van der Waals surface area contributed by atoms with Gasteiger partial charge in [-0.3, -0.25) is 0 Å². The lowest BCUT2D eigenvalue weighted by Gasteiger charge is -2.14. The molecule has 2 rings (SSSR count). The molecule has 0 unspecified atom stereocenters. The van der Waals surface area contributed by atoms with Crippen LogP contribution in [0.5, 0.6) is 0 Å². The number of anilines is 2. The number of benzene rings is 2. The molecule has 0 bridgehead atoms. The van der Waals surface area contributed by atoms with E-state index in [-0.39, 0.29) is 20.8 Å². The quantitative estimate of drug-likeness (QED) is 0.251. The summed E-state index contributed by atoms with van der Waals surface area (Å²) in [6.07, 6.45) is 0. The van der Waals surface area contributed by atoms with E-state index in [2.05, 4.69) is 26.6 Å². The predicted octanol–water partition coefficient (Wildman–Crippen LogP) is 6.12. The van der Waals surface area contributed by atoms with E-state index in [1.807, 2.05) is 0 Å². The van der Waals surface area contributed by atoms with Crippen LogP contribution in [0.1, 0.15) is 0 Å². The second kappa shape index (κ2) is 7.21. The fourth-order valence-corrected chi connectivity index (χ4v) is 2.49. The average Bonchev–Trinajstić information content (AvgIpc) is 2.52. The van der Waals surface area contributed by atoms with Crippen LogP contribution in [-0.4, -0.2) is 5.11 Å². The molecule has 2 nitrogen and oxygen atoms in total. The van der Waals surface area contributed by atoms with Crippen LogP contribution in [0, 0.1) is 23.3 Å². The lowest BCUT2D eigenvalue weighted by atomic mass is 10.2. The van der Waals surface area contributed by atoms with Crippen molar-refractivity contribution in [2.45, 2.75) is 0 Å². The van der Waals surface area contributed by atoms with E-state index < -0.39 is 33.4 Å². The number of halogens is 7. The highest BCUT2D eigenvalue weighted by atomic mass is 79.9. The Morgan fingerprint density at radius 2 is 1.52 bits per heavy atom. The van der Waals surface area contributed by atoms with Crippen molar-refractivity contribution in [3.05, 3.63) is 56.0 Å². The minimum absolute atomic E-state index is 0.118. The molecule has 0 radical (unpaired) electrons. The highest BCUT2D eigenvalue weighted by molar-refractivity contribution is 9.10. The second-order valence-electron chi connectivity index (χ2n) is 4.13. The van der Waals surface area contributed by atoms with Crippen LogP contribution in [0.25, 0.3) is 0 Å². The van der Waals surface area contributed by atoms with Crippen molar-refractivity contribution in [1.82, 2.24) is 0 Å². The standard InChI is InChI=1S/C13H5BrCl2F4N2S/c14-6-8(17)10(19)12(11(20)9(6)18)22-13(23)21-5-3-1-2-4(15)7(5)16/h1-3H,(H2,21,22,23). The molecule has 0 aliphatic carbocycles. The van der Waals surface area contributed by atoms with Gasteiger partial charge in [-0.05, 0) is 40.3 Å². The molecular formula is C13H5BrCl2F4N2S. The molecule has 2 N–H and O–H groups in total. The van der Waals surface area contributed by atoms with E-state index in [1.165, 1.54) is 12.1 Å². The molecule has 0 aromatic heterocycles. The SMILES string of the molecule is Fc1c(F)c(NC(=S)Nc2cccc(Cl)c2Cl)c(F)c(F)c1Br. The Morgan fingerprint density at radius 1 is 0.957 bits per heavy atom. The summed E-state index contributed by atoms with van der Waals surface area (Å²) in [7, 11) is 0. The van der Waals surface area contributed by atoms with Crippen LogP contribution in [0.2, 0.25) is 10.0 Å². The van der Waals surface area contributed by atoms with E-state index in [0.717, 1.165) is 0 Å². The summed E-state index contributed by atoms with van der Waals surface area (Å²) in [6.45, 7) is 0. The van der Waals surface area contributed by atoms with Gasteiger partial charge in [-0.1, -0.05) is 29.3 Å². The van der Waals surface area contributed by atoms with Gasteiger partial charge in [0.15, 0.2) is 28.4 Å². The van der Waals surface area contributed by atoms with Crippen molar-refractivity contribution < 1.29 is 17.6 Å². The zero-order valence-corrected chi connectivity index (χ0v) is 14.7. The molecule has 23 heavy (non-hydrogen) atoms. The molecular weight excluding hydrogens is 443 g/mol. The molecule has 0 fully saturated rings. The Labute approximate surface area is 151 Å². The van der Waals surface area contributed by atoms with Crippen molar-refractivity contribution in [3.63, 3.8) is 0 Å². The maximum Gasteiger partial charge on any atom is 0.186 e. The fourth-order valence-electron chi connectivity index (χ4n) is 1.58. The van der Waals surface area contributed by atoms with E-state index >= 15 is 0 Å². The summed E-state index contributed by atoms with van der Waals surface area (Å²) in [5.74, 6) is -6.43. The summed E-state index contributed by atoms with van der Waals surface area (Å²) in [4.78, 5) is 0. The minimum atomic E-state index is -1.63. The number of hydrogen-bond donors (Lipinski definition) is 2. The van der Waals surface area contributed by atoms with Gasteiger partial charge in [-0.15, -0.1) is 0 Å². The molecule has 2 aromatic rings. The van der Waals surface area contributed by atoms with E-state index in [4.69, 9.17) is 35.4 Å². The summed E-state index contributed by atoms with van der Waals surface area (Å²) in [6, 6.07) is 4.57. The minimum Gasteiger partial charge on any atom is -0.331 e. The average molecular weight is 448 g/mol. The van der Waals surface area contributed by atoms with Crippen molar-refractivity contribution in [3.8, 4) is 0 Å². The van der Waals surface area contributed by atoms with Gasteiger partial charge in [-0.2, -0.15) is 0 Å². The van der Waals surface area contributed by atoms with Gasteiger partial charge in [0.25, 0.3) is 0 Å². The topological polar surface area (TPSA) is 24.1 Å². The Hall–Kier alpha value is -1.09. The predicted molar refractivity (Wildman–Crippen MR) is 90.3 cm³/mol. The van der Waals surface area contributed by atoms with Gasteiger partial charge < -0.3 is 10.6 Å². The third-order valence-electron chi connectivity index (χ3n) is 2.65. The third kappa shape index (κ3) is 3.71. The summed E-state index contributed by atoms with van der Waals surface area (Å²) >= 11 is 19.0. The van der Waals surface area contributed by atoms with E-state index in [1.54, 1.807) is 6.07 Å². The van der Waals surface area contributed by atoms with Gasteiger partial charge in [-0.25, -0.2) is 17.6 Å². The molecule has 0 saturated carbocycles.